The third-order valence-corrected chi connectivity index (χ3v) is 3.80. The summed E-state index contributed by atoms with van der Waals surface area (Å²) in [6, 6.07) is 1.20. The largest absolute Gasteiger partial charge is 0.338 e. The van der Waals surface area contributed by atoms with Crippen LogP contribution in [0.5, 0.6) is 0 Å². The van der Waals surface area contributed by atoms with E-state index in [0.29, 0.717) is 32.1 Å². The number of amides is 4. The summed E-state index contributed by atoms with van der Waals surface area (Å²) in [5.74, 6) is -0.868. The van der Waals surface area contributed by atoms with E-state index in [1.807, 2.05) is 9.80 Å². The van der Waals surface area contributed by atoms with E-state index in [4.69, 9.17) is 0 Å². The topological polar surface area (TPSA) is 90.0 Å². The summed E-state index contributed by atoms with van der Waals surface area (Å²) in [7, 11) is 1.31. The lowest BCUT2D eigenvalue weighted by atomic mass is 10.3. The van der Waals surface area contributed by atoms with Gasteiger partial charge in [0.25, 0.3) is 0 Å². The molecule has 0 bridgehead atoms. The fraction of sp³-hybridized carbons (Fsp3) is 0.462. The predicted molar refractivity (Wildman–Crippen MR) is 75.7 cm³/mol. The molecule has 22 heavy (non-hydrogen) atoms. The molecule has 4 amide bonds. The number of rotatable bonds is 3. The van der Waals surface area contributed by atoms with Gasteiger partial charge in [-0.05, 0) is 6.07 Å². The smallest absolute Gasteiger partial charge is 0.335 e. The number of piperazine rings is 1. The zero-order chi connectivity index (χ0) is 15.7. The molecule has 0 unspecified atom stereocenters. The molecule has 2 aliphatic heterocycles. The van der Waals surface area contributed by atoms with Gasteiger partial charge in [0.05, 0.1) is 6.67 Å². The van der Waals surface area contributed by atoms with E-state index in [1.165, 1.54) is 7.05 Å². The Bertz CT molecular complexity index is 599. The Hall–Kier alpha value is -2.55. The van der Waals surface area contributed by atoms with Gasteiger partial charge >= 0.3 is 17.8 Å². The first-order valence-corrected chi connectivity index (χ1v) is 6.96. The number of urea groups is 1. The minimum atomic E-state index is -0.777. The molecule has 3 rings (SSSR count). The standard InChI is InChI=1S/C13H16N6O3/c1-16-10(20)11(21)19(13(16)22)9-17-5-7-18(8-6-17)12-14-3-2-4-15-12/h2-4H,5-9H2,1H3. The maximum atomic E-state index is 11.8. The van der Waals surface area contributed by atoms with Crippen molar-refractivity contribution >= 4 is 23.8 Å². The fourth-order valence-electron chi connectivity index (χ4n) is 2.48. The molecule has 9 heteroatoms. The lowest BCUT2D eigenvalue weighted by Crippen LogP contribution is -2.51. The Morgan fingerprint density at radius 2 is 1.64 bits per heavy atom. The summed E-state index contributed by atoms with van der Waals surface area (Å²) in [5.41, 5.74) is 0. The normalized spacial score (nSPS) is 20.2. The van der Waals surface area contributed by atoms with Gasteiger partial charge in [0.1, 0.15) is 0 Å². The van der Waals surface area contributed by atoms with Gasteiger partial charge in [0.2, 0.25) is 5.95 Å². The van der Waals surface area contributed by atoms with Gasteiger partial charge in [-0.2, -0.15) is 0 Å². The molecule has 0 spiro atoms. The molecule has 0 N–H and O–H groups in total. The minimum Gasteiger partial charge on any atom is -0.338 e. The van der Waals surface area contributed by atoms with E-state index in [-0.39, 0.29) is 6.67 Å². The molecule has 0 aromatic carbocycles. The van der Waals surface area contributed by atoms with Gasteiger partial charge in [-0.15, -0.1) is 0 Å². The van der Waals surface area contributed by atoms with Crippen molar-refractivity contribution in [2.45, 2.75) is 0 Å². The Balaban J connectivity index is 1.58. The zero-order valence-corrected chi connectivity index (χ0v) is 12.2. The second kappa shape index (κ2) is 5.68. The number of hydrogen-bond acceptors (Lipinski definition) is 7. The van der Waals surface area contributed by atoms with Gasteiger partial charge in [-0.25, -0.2) is 19.7 Å². The maximum Gasteiger partial charge on any atom is 0.335 e. The third kappa shape index (κ3) is 2.50. The van der Waals surface area contributed by atoms with Crippen molar-refractivity contribution in [1.29, 1.82) is 0 Å². The lowest BCUT2D eigenvalue weighted by Gasteiger charge is -2.35. The van der Waals surface area contributed by atoms with Crippen molar-refractivity contribution in [2.75, 3.05) is 44.8 Å². The minimum absolute atomic E-state index is 0.136. The van der Waals surface area contributed by atoms with Crippen molar-refractivity contribution in [3.8, 4) is 0 Å². The average Bonchev–Trinajstić information content (AvgIpc) is 2.74. The molecular formula is C13H16N6O3. The lowest BCUT2D eigenvalue weighted by molar-refractivity contribution is -0.143. The molecule has 1 aromatic rings. The molecular weight excluding hydrogens is 288 g/mol. The van der Waals surface area contributed by atoms with Gasteiger partial charge < -0.3 is 4.90 Å². The molecule has 1 aromatic heterocycles. The van der Waals surface area contributed by atoms with Crippen molar-refractivity contribution in [3.63, 3.8) is 0 Å². The van der Waals surface area contributed by atoms with Crippen LogP contribution < -0.4 is 4.90 Å². The highest BCUT2D eigenvalue weighted by atomic mass is 16.2. The summed E-state index contributed by atoms with van der Waals surface area (Å²) < 4.78 is 0. The van der Waals surface area contributed by atoms with Crippen LogP contribution in [-0.4, -0.2) is 82.4 Å². The zero-order valence-electron chi connectivity index (χ0n) is 12.2. The van der Waals surface area contributed by atoms with Gasteiger partial charge in [-0.1, -0.05) is 0 Å². The van der Waals surface area contributed by atoms with E-state index in [9.17, 15) is 14.4 Å². The quantitative estimate of drug-likeness (QED) is 0.521. The highest BCUT2D eigenvalue weighted by molar-refractivity contribution is 6.44. The second-order valence-electron chi connectivity index (χ2n) is 5.18. The van der Waals surface area contributed by atoms with Crippen LogP contribution in [0.25, 0.3) is 0 Å². The number of hydrogen-bond donors (Lipinski definition) is 0. The van der Waals surface area contributed by atoms with Crippen LogP contribution in [0.15, 0.2) is 18.5 Å². The van der Waals surface area contributed by atoms with Gasteiger partial charge in [-0.3, -0.25) is 19.4 Å². The molecule has 3 heterocycles. The highest BCUT2D eigenvalue weighted by Crippen LogP contribution is 2.13. The molecule has 2 aliphatic rings. The Kier molecular flexibility index (Phi) is 3.72. The van der Waals surface area contributed by atoms with E-state index in [2.05, 4.69) is 9.97 Å². The molecule has 0 radical (unpaired) electrons. The fourth-order valence-corrected chi connectivity index (χ4v) is 2.48. The van der Waals surface area contributed by atoms with Crippen molar-refractivity contribution < 1.29 is 14.4 Å². The van der Waals surface area contributed by atoms with Gasteiger partial charge in [0, 0.05) is 45.6 Å². The predicted octanol–water partition coefficient (Wildman–Crippen LogP) is -1.02. The number of carbonyl (C=O) groups excluding carboxylic acids is 3. The summed E-state index contributed by atoms with van der Waals surface area (Å²) in [6.07, 6.45) is 3.38. The Morgan fingerprint density at radius 1 is 1.00 bits per heavy atom. The van der Waals surface area contributed by atoms with Crippen LogP contribution in [0.1, 0.15) is 0 Å². The second-order valence-corrected chi connectivity index (χ2v) is 5.18. The molecule has 0 aliphatic carbocycles. The van der Waals surface area contributed by atoms with E-state index >= 15 is 0 Å². The number of aromatic nitrogens is 2. The molecule has 0 atom stereocenters. The SMILES string of the molecule is CN1C(=O)C(=O)N(CN2CCN(c3ncccn3)CC2)C1=O. The van der Waals surface area contributed by atoms with Crippen LogP contribution in [0.3, 0.4) is 0 Å². The van der Waals surface area contributed by atoms with Crippen molar-refractivity contribution in [3.05, 3.63) is 18.5 Å². The maximum absolute atomic E-state index is 11.8. The summed E-state index contributed by atoms with van der Waals surface area (Å²) in [6.45, 7) is 2.85. The van der Waals surface area contributed by atoms with Crippen LogP contribution in [0.4, 0.5) is 10.7 Å². The highest BCUT2D eigenvalue weighted by Gasteiger charge is 2.42. The Labute approximate surface area is 127 Å². The number of carbonyl (C=O) groups is 3. The van der Waals surface area contributed by atoms with Crippen LogP contribution in [-0.2, 0) is 9.59 Å². The number of nitrogens with zero attached hydrogens (tertiary/aromatic N) is 6. The molecule has 2 saturated heterocycles. The van der Waals surface area contributed by atoms with E-state index < -0.39 is 17.8 Å². The molecule has 2 fully saturated rings. The average molecular weight is 304 g/mol. The first-order valence-electron chi connectivity index (χ1n) is 6.96. The number of likely N-dealkylation sites (N-methyl/N-ethyl adjacent to an activating group) is 1. The van der Waals surface area contributed by atoms with Crippen LogP contribution in [0.2, 0.25) is 0 Å². The van der Waals surface area contributed by atoms with Crippen LogP contribution >= 0.6 is 0 Å². The summed E-state index contributed by atoms with van der Waals surface area (Å²) in [5, 5.41) is 0. The first-order chi connectivity index (χ1) is 10.6. The molecule has 116 valence electrons. The first kappa shape index (κ1) is 14.4. The van der Waals surface area contributed by atoms with Crippen molar-refractivity contribution in [2.24, 2.45) is 0 Å². The van der Waals surface area contributed by atoms with E-state index in [0.717, 1.165) is 9.80 Å². The third-order valence-electron chi connectivity index (χ3n) is 3.80. The van der Waals surface area contributed by atoms with Crippen LogP contribution in [0, 0.1) is 0 Å². The van der Waals surface area contributed by atoms with Gasteiger partial charge in [0.15, 0.2) is 0 Å². The Morgan fingerprint density at radius 3 is 2.18 bits per heavy atom. The molecule has 9 nitrogen and oxygen atoms in total. The number of anilines is 1. The number of imide groups is 2. The monoisotopic (exact) mass is 304 g/mol. The molecule has 0 saturated carbocycles. The van der Waals surface area contributed by atoms with E-state index in [1.54, 1.807) is 18.5 Å². The summed E-state index contributed by atoms with van der Waals surface area (Å²) in [4.78, 5) is 49.3. The summed E-state index contributed by atoms with van der Waals surface area (Å²) >= 11 is 0. The van der Waals surface area contributed by atoms with Crippen molar-refractivity contribution in [1.82, 2.24) is 24.7 Å².